The first-order chi connectivity index (χ1) is 27.9. The molecule has 0 saturated carbocycles. The highest BCUT2D eigenvalue weighted by Gasteiger charge is 2.25. The van der Waals surface area contributed by atoms with Crippen molar-refractivity contribution < 1.29 is 48.8 Å². The molecule has 2 aliphatic carbocycles. The van der Waals surface area contributed by atoms with Crippen molar-refractivity contribution in [1.29, 1.82) is 0 Å². The topological polar surface area (TPSA) is 213 Å². The van der Waals surface area contributed by atoms with Gasteiger partial charge >= 0.3 is 17.9 Å². The Bertz CT molecular complexity index is 3140. The van der Waals surface area contributed by atoms with E-state index in [1.165, 1.54) is 36.4 Å². The third-order valence-corrected chi connectivity index (χ3v) is 10.4. The van der Waals surface area contributed by atoms with Crippen molar-refractivity contribution in [2.75, 3.05) is 0 Å². The molecule has 0 saturated heterocycles. The first kappa shape index (κ1) is 39.8. The average molecular weight is 811 g/mol. The molecular formula is C46H34O12S. The lowest BCUT2D eigenvalue weighted by Crippen LogP contribution is -2.08. The molecule has 12 nitrogen and oxygen atoms in total. The van der Waals surface area contributed by atoms with Crippen LogP contribution in [0.5, 0.6) is 11.5 Å². The van der Waals surface area contributed by atoms with Gasteiger partial charge in [-0.1, -0.05) is 18.2 Å². The van der Waals surface area contributed by atoms with E-state index in [0.717, 1.165) is 0 Å². The Morgan fingerprint density at radius 2 is 0.983 bits per heavy atom. The van der Waals surface area contributed by atoms with Gasteiger partial charge in [0.25, 0.3) is 0 Å². The third-order valence-electron chi connectivity index (χ3n) is 10.1. The van der Waals surface area contributed by atoms with Gasteiger partial charge in [0, 0.05) is 62.2 Å². The van der Waals surface area contributed by atoms with Crippen LogP contribution in [0, 0.1) is 27.7 Å². The number of carboxylic acid groups (broad SMARTS) is 3. The lowest BCUT2D eigenvalue weighted by molar-refractivity contribution is -0.136. The predicted molar refractivity (Wildman–Crippen MR) is 224 cm³/mol. The summed E-state index contributed by atoms with van der Waals surface area (Å²) >= 11 is 4.26. The van der Waals surface area contributed by atoms with Gasteiger partial charge in [0.15, 0.2) is 10.9 Å². The highest BCUT2D eigenvalue weighted by atomic mass is 32.1. The second-order valence-electron chi connectivity index (χ2n) is 14.2. The van der Waals surface area contributed by atoms with Gasteiger partial charge in [-0.15, -0.1) is 12.6 Å². The lowest BCUT2D eigenvalue weighted by atomic mass is 9.88. The van der Waals surface area contributed by atoms with Gasteiger partial charge in [0.05, 0.1) is 17.5 Å². The van der Waals surface area contributed by atoms with Crippen LogP contribution in [0.1, 0.15) is 48.5 Å². The second kappa shape index (κ2) is 15.2. The van der Waals surface area contributed by atoms with E-state index in [4.69, 9.17) is 13.9 Å². The maximum atomic E-state index is 12.2. The molecule has 59 heavy (non-hydrogen) atoms. The van der Waals surface area contributed by atoms with E-state index >= 15 is 0 Å². The number of carboxylic acids is 3. The van der Waals surface area contributed by atoms with Gasteiger partial charge in [-0.25, -0.2) is 9.59 Å². The molecule has 0 spiro atoms. The number of rotatable bonds is 6. The van der Waals surface area contributed by atoms with E-state index in [1.54, 1.807) is 76.2 Å². The molecule has 4 aromatic carbocycles. The Morgan fingerprint density at radius 1 is 0.542 bits per heavy atom. The molecule has 8 rings (SSSR count). The number of aromatic carboxylic acids is 2. The van der Waals surface area contributed by atoms with Gasteiger partial charge in [-0.3, -0.25) is 14.4 Å². The van der Waals surface area contributed by atoms with Crippen molar-refractivity contribution in [3.63, 3.8) is 0 Å². The summed E-state index contributed by atoms with van der Waals surface area (Å²) in [6.45, 7) is 6.82. The Kier molecular flexibility index (Phi) is 10.2. The fourth-order valence-corrected chi connectivity index (χ4v) is 7.32. The van der Waals surface area contributed by atoms with Crippen LogP contribution in [0.2, 0.25) is 0 Å². The maximum Gasteiger partial charge on any atom is 0.336 e. The van der Waals surface area contributed by atoms with Crippen molar-refractivity contribution >= 4 is 52.5 Å². The number of aromatic hydroxyl groups is 2. The third kappa shape index (κ3) is 7.46. The zero-order valence-corrected chi connectivity index (χ0v) is 32.7. The Labute approximate surface area is 340 Å². The number of hydrogen-bond donors (Lipinski definition) is 6. The minimum absolute atomic E-state index is 0.00581. The molecule has 0 aromatic heterocycles. The second-order valence-corrected chi connectivity index (χ2v) is 14.8. The molecule has 0 amide bonds. The highest BCUT2D eigenvalue weighted by molar-refractivity contribution is 7.80. The summed E-state index contributed by atoms with van der Waals surface area (Å²) in [7, 11) is 0. The number of benzene rings is 6. The van der Waals surface area contributed by atoms with Crippen molar-refractivity contribution in [3.05, 3.63) is 144 Å². The van der Waals surface area contributed by atoms with E-state index in [9.17, 15) is 44.4 Å². The summed E-state index contributed by atoms with van der Waals surface area (Å²) in [6.07, 6.45) is -0.308. The summed E-state index contributed by atoms with van der Waals surface area (Å²) in [5.41, 5.74) is 6.00. The van der Waals surface area contributed by atoms with Crippen LogP contribution in [-0.4, -0.2) is 43.4 Å². The maximum absolute atomic E-state index is 12.2. The number of fused-ring (bicyclic) bond motifs is 4. The van der Waals surface area contributed by atoms with Crippen LogP contribution < -0.4 is 10.9 Å². The van der Waals surface area contributed by atoms with Gasteiger partial charge < -0.3 is 34.4 Å². The number of phenols is 2. The van der Waals surface area contributed by atoms with Crippen LogP contribution in [0.3, 0.4) is 0 Å². The normalized spacial score (nSPS) is 11.2. The SMILES string of the molecule is Cc1cc2c(-c3ccc(CC(=O)O)cc3C(=O)O)c3cc(C)c(=O)cc-3oc2cc1O.Cc1cc2c(-c3ccc(S)cc3C(=O)O)c3cc(C)c(=O)cc-3oc2cc1O. The zero-order valence-electron chi connectivity index (χ0n) is 31.8. The summed E-state index contributed by atoms with van der Waals surface area (Å²) < 4.78 is 11.8. The lowest BCUT2D eigenvalue weighted by Gasteiger charge is -2.18. The number of carbonyl (C=O) groups is 3. The van der Waals surface area contributed by atoms with E-state index in [1.807, 2.05) is 0 Å². The molecule has 2 aliphatic heterocycles. The summed E-state index contributed by atoms with van der Waals surface area (Å²) in [5, 5.41) is 50.1. The van der Waals surface area contributed by atoms with Crippen molar-refractivity contribution in [3.8, 4) is 56.4 Å². The molecule has 0 atom stereocenters. The van der Waals surface area contributed by atoms with Gasteiger partial charge in [-0.05, 0) is 109 Å². The Hall–Kier alpha value is -7.38. The van der Waals surface area contributed by atoms with Gasteiger partial charge in [0.1, 0.15) is 34.2 Å². The van der Waals surface area contributed by atoms with Gasteiger partial charge in [0.2, 0.25) is 0 Å². The number of aliphatic carboxylic acids is 1. The molecular weight excluding hydrogens is 777 g/mol. The molecule has 0 unspecified atom stereocenters. The molecule has 4 aromatic rings. The van der Waals surface area contributed by atoms with E-state index < -0.39 is 17.9 Å². The number of hydrogen-bond acceptors (Lipinski definition) is 10. The standard InChI is InChI=1S/C24H18O7.C22H16O5S/c1-11-5-16-20(9-18(11)25)31-21-10-19(26)12(2)6-17(21)23(16)14-4-3-13(8-22(27)28)7-15(14)24(29)30;1-10-5-15-19(8-17(10)23)27-20-9-18(24)11(2)6-16(20)21(15)13-4-3-12(28)7-14(13)22(25)26/h3-7,9-10,25H,8H2,1-2H3,(H,27,28)(H,29,30);3-9,23,28H,1-2H3,(H,25,26). The summed E-state index contributed by atoms with van der Waals surface area (Å²) in [5.74, 6) is -2.72. The largest absolute Gasteiger partial charge is 0.508 e. The number of aryl methyl sites for hydroxylation is 4. The molecule has 0 bridgehead atoms. The van der Waals surface area contributed by atoms with E-state index in [-0.39, 0.29) is 45.7 Å². The number of thiol groups is 1. The minimum atomic E-state index is -1.21. The van der Waals surface area contributed by atoms with Crippen molar-refractivity contribution in [2.24, 2.45) is 0 Å². The summed E-state index contributed by atoms with van der Waals surface area (Å²) in [4.78, 5) is 60.0. The first-order valence-corrected chi connectivity index (χ1v) is 18.4. The first-order valence-electron chi connectivity index (χ1n) is 18.0. The molecule has 5 N–H and O–H groups in total. The monoisotopic (exact) mass is 810 g/mol. The van der Waals surface area contributed by atoms with E-state index in [2.05, 4.69) is 12.6 Å². The fourth-order valence-electron chi connectivity index (χ4n) is 7.12. The van der Waals surface area contributed by atoms with Crippen LogP contribution in [0.15, 0.2) is 108 Å². The van der Waals surface area contributed by atoms with Crippen LogP contribution in [0.4, 0.5) is 0 Å². The van der Waals surface area contributed by atoms with Crippen LogP contribution in [0.25, 0.3) is 66.8 Å². The quantitative estimate of drug-likeness (QED) is 0.0686. The smallest absolute Gasteiger partial charge is 0.336 e. The van der Waals surface area contributed by atoms with Crippen LogP contribution >= 0.6 is 12.6 Å². The van der Waals surface area contributed by atoms with Crippen molar-refractivity contribution in [2.45, 2.75) is 39.0 Å². The minimum Gasteiger partial charge on any atom is -0.508 e. The van der Waals surface area contributed by atoms with E-state index in [0.29, 0.717) is 93.8 Å². The molecule has 296 valence electrons. The zero-order chi connectivity index (χ0) is 42.6. The fraction of sp³-hybridized carbons (Fsp3) is 0.109. The molecule has 4 aliphatic rings. The Morgan fingerprint density at radius 3 is 1.42 bits per heavy atom. The number of phenolic OH excluding ortho intramolecular Hbond substituents is 2. The average Bonchev–Trinajstić information content (AvgIpc) is 3.16. The van der Waals surface area contributed by atoms with Gasteiger partial charge in [-0.2, -0.15) is 0 Å². The van der Waals surface area contributed by atoms with Crippen LogP contribution in [-0.2, 0) is 11.2 Å². The predicted octanol–water partition coefficient (Wildman–Crippen LogP) is 9.09. The molecule has 0 fully saturated rings. The molecule has 13 heteroatoms. The highest BCUT2D eigenvalue weighted by Crippen LogP contribution is 2.45. The Balaban J connectivity index is 0.000000180. The van der Waals surface area contributed by atoms with Crippen molar-refractivity contribution in [1.82, 2.24) is 0 Å². The summed E-state index contributed by atoms with van der Waals surface area (Å²) in [6, 6.07) is 21.8. The molecule has 0 radical (unpaired) electrons. The molecule has 2 heterocycles.